The third kappa shape index (κ3) is 11.0. The molecule has 0 unspecified atom stereocenters. The summed E-state index contributed by atoms with van der Waals surface area (Å²) in [6.07, 6.45) is 1.38. The molecule has 0 aromatic carbocycles. The molecule has 0 fully saturated rings. The van der Waals surface area contributed by atoms with Gasteiger partial charge in [0.15, 0.2) is 0 Å². The fourth-order valence-electron chi connectivity index (χ4n) is 0. The van der Waals surface area contributed by atoms with Crippen LogP contribution in [0.15, 0.2) is 12.8 Å². The summed E-state index contributed by atoms with van der Waals surface area (Å²) in [4.78, 5) is 0. The molecule has 0 rings (SSSR count). The maximum absolute atomic E-state index is 4.31. The average molecular weight is 98.2 g/mol. The molecule has 5 heavy (non-hydrogen) atoms. The maximum Gasteiger partial charge on any atom is 1.00 e. The molecule has 0 aliphatic heterocycles. The standard InChI is InChI=1S/C3H6O.K.H/c1-3-4-2;;/h3H,1H2,2H3;;/q;+1;-1. The average Bonchev–Trinajstić information content (AvgIpc) is 1.37. The molecule has 0 N–H and O–H groups in total. The fraction of sp³-hybridized carbons (Fsp3) is 0.333. The van der Waals surface area contributed by atoms with Gasteiger partial charge in [0, 0.05) is 0 Å². The number of methoxy groups -OCH3 is 1. The fourth-order valence-corrected chi connectivity index (χ4v) is 0. The zero-order valence-corrected chi connectivity index (χ0v) is 6.82. The smallest absolute Gasteiger partial charge is 1.00 e. The van der Waals surface area contributed by atoms with Crippen LogP contribution in [0.25, 0.3) is 0 Å². The van der Waals surface area contributed by atoms with Gasteiger partial charge in [-0.3, -0.25) is 0 Å². The van der Waals surface area contributed by atoms with E-state index in [1.54, 1.807) is 7.11 Å². The molecule has 0 amide bonds. The first-order valence-corrected chi connectivity index (χ1v) is 1.05. The van der Waals surface area contributed by atoms with Gasteiger partial charge in [0.05, 0.1) is 13.4 Å². The Hall–Kier alpha value is 1.18. The Morgan fingerprint density at radius 2 is 2.20 bits per heavy atom. The van der Waals surface area contributed by atoms with Crippen molar-refractivity contribution in [1.82, 2.24) is 0 Å². The van der Waals surface area contributed by atoms with Crippen LogP contribution >= 0.6 is 0 Å². The van der Waals surface area contributed by atoms with E-state index in [-0.39, 0.29) is 52.8 Å². The number of hydrogen-bond donors (Lipinski definition) is 0. The molecule has 0 saturated carbocycles. The Morgan fingerprint density at radius 3 is 2.20 bits per heavy atom. The van der Waals surface area contributed by atoms with Crippen LogP contribution in [0.2, 0.25) is 0 Å². The first-order chi connectivity index (χ1) is 1.91. The second kappa shape index (κ2) is 8.95. The normalized spacial score (nSPS) is 4.20. The molecule has 0 aromatic rings. The molecule has 1 nitrogen and oxygen atoms in total. The quantitative estimate of drug-likeness (QED) is 0.269. The van der Waals surface area contributed by atoms with Crippen LogP contribution in [0.4, 0.5) is 0 Å². The van der Waals surface area contributed by atoms with Gasteiger partial charge < -0.3 is 6.16 Å². The van der Waals surface area contributed by atoms with Crippen molar-refractivity contribution in [3.8, 4) is 0 Å². The van der Waals surface area contributed by atoms with Gasteiger partial charge in [0.25, 0.3) is 0 Å². The van der Waals surface area contributed by atoms with Crippen LogP contribution in [0.3, 0.4) is 0 Å². The van der Waals surface area contributed by atoms with E-state index in [2.05, 4.69) is 11.3 Å². The Morgan fingerprint density at radius 1 is 2.00 bits per heavy atom. The van der Waals surface area contributed by atoms with E-state index in [9.17, 15) is 0 Å². The molecule has 0 bridgehead atoms. The van der Waals surface area contributed by atoms with E-state index < -0.39 is 0 Å². The van der Waals surface area contributed by atoms with Gasteiger partial charge in [-0.15, -0.1) is 0 Å². The van der Waals surface area contributed by atoms with E-state index in [0.29, 0.717) is 0 Å². The van der Waals surface area contributed by atoms with Gasteiger partial charge in [-0.2, -0.15) is 0 Å². The third-order valence-corrected chi connectivity index (χ3v) is 0.167. The Balaban J connectivity index is -0.0000000450. The molecule has 0 aliphatic carbocycles. The largest absolute Gasteiger partial charge is 1.00 e. The molecule has 0 saturated heterocycles. The van der Waals surface area contributed by atoms with E-state index in [4.69, 9.17) is 0 Å². The molecular weight excluding hydrogens is 91.1 g/mol. The first-order valence-electron chi connectivity index (χ1n) is 1.05. The van der Waals surface area contributed by atoms with Crippen molar-refractivity contribution in [2.45, 2.75) is 0 Å². The van der Waals surface area contributed by atoms with Crippen LogP contribution < -0.4 is 51.4 Å². The monoisotopic (exact) mass is 98.0 g/mol. The Bertz CT molecular complexity index is 24.8. The zero-order valence-electron chi connectivity index (χ0n) is 4.69. The number of rotatable bonds is 1. The minimum Gasteiger partial charge on any atom is -1.00 e. The van der Waals surface area contributed by atoms with Crippen molar-refractivity contribution in [1.29, 1.82) is 0 Å². The van der Waals surface area contributed by atoms with Gasteiger partial charge in [-0.05, 0) is 0 Å². The van der Waals surface area contributed by atoms with Gasteiger partial charge in [0.1, 0.15) is 0 Å². The maximum atomic E-state index is 4.31. The van der Waals surface area contributed by atoms with E-state index in [1.807, 2.05) is 0 Å². The predicted octanol–water partition coefficient (Wildman–Crippen LogP) is -2.11. The predicted molar refractivity (Wildman–Crippen MR) is 18.3 cm³/mol. The molecule has 0 aliphatic rings. The number of hydrogen-bond acceptors (Lipinski definition) is 1. The van der Waals surface area contributed by atoms with Crippen molar-refractivity contribution < 1.29 is 57.5 Å². The Labute approximate surface area is 76.3 Å². The minimum atomic E-state index is 0. The third-order valence-electron chi connectivity index (χ3n) is 0.167. The molecule has 0 spiro atoms. The summed E-state index contributed by atoms with van der Waals surface area (Å²) < 4.78 is 4.31. The summed E-state index contributed by atoms with van der Waals surface area (Å²) in [5.41, 5.74) is 0. The van der Waals surface area contributed by atoms with Crippen molar-refractivity contribution >= 4 is 0 Å². The molecular formula is C3H7KO. The van der Waals surface area contributed by atoms with Crippen LogP contribution in [0.5, 0.6) is 0 Å². The molecule has 0 heterocycles. The van der Waals surface area contributed by atoms with E-state index in [0.717, 1.165) is 0 Å². The summed E-state index contributed by atoms with van der Waals surface area (Å²) in [5, 5.41) is 0. The molecule has 0 atom stereocenters. The summed E-state index contributed by atoms with van der Waals surface area (Å²) in [5.74, 6) is 0. The molecule has 26 valence electrons. The number of ether oxygens (including phenoxy) is 1. The molecule has 2 heteroatoms. The van der Waals surface area contributed by atoms with Crippen molar-refractivity contribution in [2.75, 3.05) is 7.11 Å². The van der Waals surface area contributed by atoms with E-state index in [1.165, 1.54) is 6.26 Å². The van der Waals surface area contributed by atoms with Crippen LogP contribution in [-0.4, -0.2) is 7.11 Å². The summed E-state index contributed by atoms with van der Waals surface area (Å²) >= 11 is 0. The molecule has 0 aromatic heterocycles. The van der Waals surface area contributed by atoms with Gasteiger partial charge in [-0.1, -0.05) is 6.58 Å². The van der Waals surface area contributed by atoms with Crippen LogP contribution in [0.1, 0.15) is 1.43 Å². The second-order valence-electron chi connectivity index (χ2n) is 0.402. The topological polar surface area (TPSA) is 9.23 Å². The Kier molecular flexibility index (Phi) is 17.0. The molecule has 0 radical (unpaired) electrons. The van der Waals surface area contributed by atoms with Crippen molar-refractivity contribution in [3.05, 3.63) is 12.8 Å². The van der Waals surface area contributed by atoms with Gasteiger partial charge >= 0.3 is 51.4 Å². The second-order valence-corrected chi connectivity index (χ2v) is 0.402. The van der Waals surface area contributed by atoms with Crippen LogP contribution in [0, 0.1) is 0 Å². The summed E-state index contributed by atoms with van der Waals surface area (Å²) in [6, 6.07) is 0. The van der Waals surface area contributed by atoms with Crippen molar-refractivity contribution in [2.24, 2.45) is 0 Å². The SMILES string of the molecule is C=COC.[H-].[K+]. The van der Waals surface area contributed by atoms with E-state index >= 15 is 0 Å². The van der Waals surface area contributed by atoms with Crippen LogP contribution in [-0.2, 0) is 4.74 Å². The first kappa shape index (κ1) is 9.49. The zero-order chi connectivity index (χ0) is 3.41. The minimum absolute atomic E-state index is 0. The summed E-state index contributed by atoms with van der Waals surface area (Å²) in [6.45, 7) is 3.26. The van der Waals surface area contributed by atoms with Gasteiger partial charge in [-0.25, -0.2) is 0 Å². The summed E-state index contributed by atoms with van der Waals surface area (Å²) in [7, 11) is 1.56. The van der Waals surface area contributed by atoms with Crippen molar-refractivity contribution in [3.63, 3.8) is 0 Å². The van der Waals surface area contributed by atoms with Gasteiger partial charge in [0.2, 0.25) is 0 Å².